The van der Waals surface area contributed by atoms with Crippen molar-refractivity contribution in [3.05, 3.63) is 155 Å². The van der Waals surface area contributed by atoms with Gasteiger partial charge in [-0.25, -0.2) is 14.5 Å². The molecule has 426 valence electrons. The van der Waals surface area contributed by atoms with Gasteiger partial charge in [-0.2, -0.15) is 0 Å². The number of aliphatic hydroxyl groups is 1. The summed E-state index contributed by atoms with van der Waals surface area (Å²) >= 11 is 0. The lowest BCUT2D eigenvalue weighted by atomic mass is 9.64. The molecule has 0 aromatic heterocycles. The number of nitrogens with one attached hydrogen (secondary N) is 1. The molecule has 0 bridgehead atoms. The Bertz CT molecular complexity index is 3310. The molecule has 2 N–H and O–H groups in total. The third-order valence-electron chi connectivity index (χ3n) is 15.9. The minimum absolute atomic E-state index is 0.0107. The molecular formula is C62H63N5O15. The molecule has 10 rings (SSSR count). The molecular weight excluding hydrogens is 1050 g/mol. The third kappa shape index (κ3) is 10.4. The van der Waals surface area contributed by atoms with E-state index >= 15 is 19.2 Å². The van der Waals surface area contributed by atoms with Crippen molar-refractivity contribution in [2.45, 2.75) is 62.5 Å². The summed E-state index contributed by atoms with van der Waals surface area (Å²) < 4.78 is 39.2. The first-order chi connectivity index (χ1) is 39.7. The number of fused-ring (bicyclic) bond motifs is 4. The predicted molar refractivity (Wildman–Crippen MR) is 294 cm³/mol. The lowest BCUT2D eigenvalue weighted by Gasteiger charge is -2.46. The number of urea groups is 1. The number of imide groups is 1. The van der Waals surface area contributed by atoms with Crippen molar-refractivity contribution in [2.24, 2.45) is 17.8 Å². The van der Waals surface area contributed by atoms with Gasteiger partial charge in [0.05, 0.1) is 51.6 Å². The predicted octanol–water partition coefficient (Wildman–Crippen LogP) is 5.41. The number of hydrogen-bond acceptors (Lipinski definition) is 17. The van der Waals surface area contributed by atoms with Gasteiger partial charge in [-0.05, 0) is 64.6 Å². The van der Waals surface area contributed by atoms with Gasteiger partial charge in [0.1, 0.15) is 36.0 Å². The molecule has 1 spiro atoms. The van der Waals surface area contributed by atoms with E-state index in [1.54, 1.807) is 55.1 Å². The van der Waals surface area contributed by atoms with Gasteiger partial charge in [0.15, 0.2) is 17.4 Å². The lowest BCUT2D eigenvalue weighted by molar-refractivity contribution is -0.179. The van der Waals surface area contributed by atoms with Gasteiger partial charge in [-0.3, -0.25) is 33.8 Å². The van der Waals surface area contributed by atoms with Crippen LogP contribution in [0.5, 0.6) is 17.2 Å². The molecule has 5 aromatic carbocycles. The number of hydrogen-bond donors (Lipinski definition) is 2. The maximum absolute atomic E-state index is 17.1. The van der Waals surface area contributed by atoms with Crippen LogP contribution in [0.25, 0.3) is 0 Å². The van der Waals surface area contributed by atoms with Crippen molar-refractivity contribution in [1.82, 2.24) is 20.0 Å². The number of esters is 4. The van der Waals surface area contributed by atoms with E-state index in [-0.39, 0.29) is 55.5 Å². The Morgan fingerprint density at radius 3 is 2.09 bits per heavy atom. The van der Waals surface area contributed by atoms with Gasteiger partial charge >= 0.3 is 29.9 Å². The van der Waals surface area contributed by atoms with Gasteiger partial charge in [0.25, 0.3) is 0 Å². The van der Waals surface area contributed by atoms with Crippen LogP contribution < -0.4 is 24.4 Å². The maximum atomic E-state index is 17.1. The Morgan fingerprint density at radius 1 is 0.756 bits per heavy atom. The normalized spacial score (nSPS) is 22.2. The van der Waals surface area contributed by atoms with Crippen LogP contribution in [0.3, 0.4) is 0 Å². The molecule has 20 nitrogen and oxygen atoms in total. The van der Waals surface area contributed by atoms with E-state index in [1.807, 2.05) is 83.8 Å². The number of benzene rings is 5. The molecule has 0 saturated carbocycles. The molecule has 4 amide bonds. The van der Waals surface area contributed by atoms with E-state index in [0.29, 0.717) is 47.8 Å². The zero-order chi connectivity index (χ0) is 57.8. The maximum Gasteiger partial charge on any atom is 0.329 e. The van der Waals surface area contributed by atoms with Gasteiger partial charge in [-0.1, -0.05) is 111 Å². The van der Waals surface area contributed by atoms with Crippen molar-refractivity contribution in [2.75, 3.05) is 72.4 Å². The Kier molecular flexibility index (Phi) is 16.6. The van der Waals surface area contributed by atoms with Crippen molar-refractivity contribution >= 4 is 47.4 Å². The summed E-state index contributed by atoms with van der Waals surface area (Å²) in [7, 11) is 3.46. The summed E-state index contributed by atoms with van der Waals surface area (Å²) in [5.41, 5.74) is 0.663. The number of ether oxygens (including phenoxy) is 7. The Hall–Kier alpha value is -8.77. The highest BCUT2D eigenvalue weighted by molar-refractivity contribution is 6.25. The lowest BCUT2D eigenvalue weighted by Crippen LogP contribution is -2.59. The van der Waals surface area contributed by atoms with Crippen LogP contribution in [0, 0.1) is 29.6 Å². The zero-order valence-electron chi connectivity index (χ0n) is 46.0. The number of methoxy groups -OCH3 is 3. The second kappa shape index (κ2) is 24.1. The smallest absolute Gasteiger partial charge is 0.329 e. The Balaban J connectivity index is 1.22. The van der Waals surface area contributed by atoms with Crippen LogP contribution in [0.1, 0.15) is 71.8 Å². The summed E-state index contributed by atoms with van der Waals surface area (Å²) in [4.78, 5) is 111. The van der Waals surface area contributed by atoms with Gasteiger partial charge < -0.3 is 48.5 Å². The van der Waals surface area contributed by atoms with Crippen molar-refractivity contribution in [3.63, 3.8) is 0 Å². The zero-order valence-corrected chi connectivity index (χ0v) is 46.0. The van der Waals surface area contributed by atoms with E-state index < -0.39 is 102 Å². The van der Waals surface area contributed by atoms with E-state index in [0.717, 1.165) is 24.7 Å². The number of aliphatic hydroxyl groups excluding tert-OH is 1. The fourth-order valence-corrected chi connectivity index (χ4v) is 12.2. The molecule has 5 aliphatic heterocycles. The fourth-order valence-electron chi connectivity index (χ4n) is 12.2. The summed E-state index contributed by atoms with van der Waals surface area (Å²) in [5, 5.41) is 13.0. The van der Waals surface area contributed by atoms with Crippen molar-refractivity contribution in [1.29, 1.82) is 0 Å². The van der Waals surface area contributed by atoms with Crippen LogP contribution in [-0.4, -0.2) is 141 Å². The summed E-state index contributed by atoms with van der Waals surface area (Å²) in [6.45, 7) is 4.59. The van der Waals surface area contributed by atoms with Crippen LogP contribution >= 0.6 is 0 Å². The molecule has 3 fully saturated rings. The summed E-state index contributed by atoms with van der Waals surface area (Å²) in [6, 6.07) is 29.6. The Morgan fingerprint density at radius 2 is 1.41 bits per heavy atom. The van der Waals surface area contributed by atoms with Gasteiger partial charge in [0.2, 0.25) is 18.6 Å². The number of piperazine rings is 1. The molecule has 5 aliphatic rings. The van der Waals surface area contributed by atoms with Crippen molar-refractivity contribution in [3.8, 4) is 29.1 Å². The van der Waals surface area contributed by atoms with Crippen LogP contribution in [0.15, 0.2) is 121 Å². The average molecular weight is 1120 g/mol. The quantitative estimate of drug-likeness (QED) is 0.0578. The van der Waals surface area contributed by atoms with Gasteiger partial charge in [-0.15, -0.1) is 0 Å². The summed E-state index contributed by atoms with van der Waals surface area (Å²) in [5.74, 6) is -0.986. The molecule has 0 aliphatic carbocycles. The second-order valence-electron chi connectivity index (χ2n) is 20.8. The SMILES string of the molecule is COC(=O)C(CC#Cc1ccc2c(c1)[C@]1(C(=O)N2C(=O)N[C@H](C(=O)OC)C(C)C)[C@H](C(=O)N2CCN(Cc3ccc4c(c3)OCO4)CC2)[C@H]2C(=O)O[C@H](c3ccccc3)[C@H](c3ccccc3)N2[C@@H]1c1ccccc1OCCO)C(=O)OC. The molecule has 20 heteroatoms. The number of cyclic esters (lactones) is 1. The minimum Gasteiger partial charge on any atom is -0.491 e. The standard InChI is InChI=1S/C62H63N5O15/c1-37(2)50(58(72)78-5)63-61(75)66-45-25-23-38(15-14-21-43(56(70)76-3)57(71)77-4)33-44(45)62(60(66)74)49(55(69)65-29-27-64(28-30-65)35-39-24-26-47-48(34-39)81-36-80-47)52-59(73)82-53(41-18-10-7-11-19-41)51(40-16-8-6-9-17-40)67(52)54(62)42-20-12-13-22-46(42)79-32-31-68/h6-13,16-20,22-26,33-34,37,43,49-54,68H,21,27-32,35-36H2,1-5H3,(H,63,75)/t49-,50-,51-,52-,53+,54+,62-/m0/s1. The largest absolute Gasteiger partial charge is 0.491 e. The molecule has 3 saturated heterocycles. The molecule has 5 heterocycles. The number of carbonyl (C=O) groups is 7. The molecule has 5 aromatic rings. The molecule has 0 radical (unpaired) electrons. The number of carbonyl (C=O) groups excluding carboxylic acids is 7. The highest BCUT2D eigenvalue weighted by Gasteiger charge is 2.76. The number of rotatable bonds is 15. The topological polar surface area (TPSA) is 229 Å². The fraction of sp³-hybridized carbons (Fsp3) is 0.371. The van der Waals surface area contributed by atoms with Gasteiger partial charge in [0, 0.05) is 50.3 Å². The van der Waals surface area contributed by atoms with Crippen LogP contribution in [0.4, 0.5) is 10.5 Å². The van der Waals surface area contributed by atoms with Crippen LogP contribution in [0.2, 0.25) is 0 Å². The van der Waals surface area contributed by atoms with E-state index in [2.05, 4.69) is 22.1 Å². The number of para-hydroxylation sites is 1. The summed E-state index contributed by atoms with van der Waals surface area (Å²) in [6.07, 6.45) is -1.37. The number of amides is 4. The highest BCUT2D eigenvalue weighted by Crippen LogP contribution is 2.67. The van der Waals surface area contributed by atoms with E-state index in [9.17, 15) is 19.5 Å². The second-order valence-corrected chi connectivity index (χ2v) is 20.8. The minimum atomic E-state index is -2.27. The first-order valence-electron chi connectivity index (χ1n) is 27.1. The monoisotopic (exact) mass is 1120 g/mol. The first-order valence-corrected chi connectivity index (χ1v) is 27.1. The van der Waals surface area contributed by atoms with Crippen molar-refractivity contribution < 1.29 is 71.8 Å². The molecule has 82 heavy (non-hydrogen) atoms. The van der Waals surface area contributed by atoms with Crippen LogP contribution in [-0.2, 0) is 59.7 Å². The highest BCUT2D eigenvalue weighted by atomic mass is 16.7. The third-order valence-corrected chi connectivity index (χ3v) is 15.9. The molecule has 0 unspecified atom stereocenters. The molecule has 7 atom stereocenters. The number of nitrogens with zero attached hydrogens (tertiary/aromatic N) is 4. The Labute approximate surface area is 474 Å². The first kappa shape index (κ1) is 56.5. The van der Waals surface area contributed by atoms with E-state index in [1.165, 1.54) is 13.2 Å². The van der Waals surface area contributed by atoms with E-state index in [4.69, 9.17) is 33.2 Å². The average Bonchev–Trinajstić information content (AvgIpc) is 3.45. The number of anilines is 1. The number of morpholine rings is 1.